The fraction of sp³-hybridized carbons (Fsp3) is 0.125. The standard InChI is InChI=1S/C16H12F3N3/c17-16(18,19)11-7-5-10(6-8-11)15-12-3-1-2-4-13(12)21-14(9-20)22-15/h1-8H,9,20H2. The summed E-state index contributed by atoms with van der Waals surface area (Å²) >= 11 is 0. The predicted octanol–water partition coefficient (Wildman–Crippen LogP) is 3.77. The van der Waals surface area contributed by atoms with Gasteiger partial charge in [0.2, 0.25) is 0 Å². The van der Waals surface area contributed by atoms with Gasteiger partial charge in [0.25, 0.3) is 0 Å². The average molecular weight is 303 g/mol. The molecular formula is C16H12F3N3. The van der Waals surface area contributed by atoms with Crippen molar-refractivity contribution in [2.75, 3.05) is 0 Å². The molecule has 0 fully saturated rings. The topological polar surface area (TPSA) is 51.8 Å². The lowest BCUT2D eigenvalue weighted by Gasteiger charge is -2.10. The zero-order valence-corrected chi connectivity index (χ0v) is 11.4. The zero-order chi connectivity index (χ0) is 15.7. The third kappa shape index (κ3) is 2.65. The van der Waals surface area contributed by atoms with Crippen LogP contribution in [-0.4, -0.2) is 9.97 Å². The summed E-state index contributed by atoms with van der Waals surface area (Å²) < 4.78 is 38.0. The molecule has 1 heterocycles. The van der Waals surface area contributed by atoms with E-state index in [4.69, 9.17) is 5.73 Å². The Bertz CT molecular complexity index is 811. The van der Waals surface area contributed by atoms with E-state index in [1.54, 1.807) is 0 Å². The van der Waals surface area contributed by atoms with Crippen molar-refractivity contribution in [3.63, 3.8) is 0 Å². The van der Waals surface area contributed by atoms with E-state index in [0.717, 1.165) is 17.5 Å². The predicted molar refractivity (Wildman–Crippen MR) is 77.9 cm³/mol. The maximum Gasteiger partial charge on any atom is 0.416 e. The van der Waals surface area contributed by atoms with Crippen LogP contribution in [0.5, 0.6) is 0 Å². The molecule has 0 unspecified atom stereocenters. The van der Waals surface area contributed by atoms with Crippen LogP contribution in [0.4, 0.5) is 13.2 Å². The molecule has 3 nitrogen and oxygen atoms in total. The summed E-state index contributed by atoms with van der Waals surface area (Å²) in [7, 11) is 0. The van der Waals surface area contributed by atoms with E-state index in [-0.39, 0.29) is 6.54 Å². The first-order valence-corrected chi connectivity index (χ1v) is 6.62. The lowest BCUT2D eigenvalue weighted by Crippen LogP contribution is -2.06. The van der Waals surface area contributed by atoms with Crippen LogP contribution in [0.15, 0.2) is 48.5 Å². The van der Waals surface area contributed by atoms with Crippen LogP contribution in [0, 0.1) is 0 Å². The van der Waals surface area contributed by atoms with Crippen LogP contribution in [0.3, 0.4) is 0 Å². The smallest absolute Gasteiger partial charge is 0.324 e. The van der Waals surface area contributed by atoms with Gasteiger partial charge < -0.3 is 5.73 Å². The Morgan fingerprint density at radius 3 is 2.23 bits per heavy atom. The first-order chi connectivity index (χ1) is 10.5. The lowest BCUT2D eigenvalue weighted by molar-refractivity contribution is -0.137. The van der Waals surface area contributed by atoms with Gasteiger partial charge in [-0.1, -0.05) is 30.3 Å². The van der Waals surface area contributed by atoms with Gasteiger partial charge in [-0.05, 0) is 18.2 Å². The second-order valence-electron chi connectivity index (χ2n) is 4.78. The van der Waals surface area contributed by atoms with Crippen LogP contribution >= 0.6 is 0 Å². The summed E-state index contributed by atoms with van der Waals surface area (Å²) in [5.74, 6) is 0.452. The largest absolute Gasteiger partial charge is 0.416 e. The Morgan fingerprint density at radius 2 is 1.59 bits per heavy atom. The average Bonchev–Trinajstić information content (AvgIpc) is 2.53. The number of aromatic nitrogens is 2. The van der Waals surface area contributed by atoms with Crippen LogP contribution in [0.1, 0.15) is 11.4 Å². The van der Waals surface area contributed by atoms with E-state index in [1.807, 2.05) is 24.3 Å². The molecule has 2 N–H and O–H groups in total. The number of para-hydroxylation sites is 1. The molecule has 0 atom stereocenters. The molecule has 0 aliphatic rings. The highest BCUT2D eigenvalue weighted by Crippen LogP contribution is 2.32. The van der Waals surface area contributed by atoms with Gasteiger partial charge in [0.15, 0.2) is 0 Å². The number of benzene rings is 2. The number of fused-ring (bicyclic) bond motifs is 1. The second kappa shape index (κ2) is 5.38. The van der Waals surface area contributed by atoms with E-state index >= 15 is 0 Å². The van der Waals surface area contributed by atoms with Crippen molar-refractivity contribution in [3.05, 3.63) is 59.9 Å². The Hall–Kier alpha value is -2.47. The van der Waals surface area contributed by atoms with Crippen molar-refractivity contribution in [1.29, 1.82) is 0 Å². The minimum absolute atomic E-state index is 0.165. The van der Waals surface area contributed by atoms with E-state index < -0.39 is 11.7 Å². The van der Waals surface area contributed by atoms with Gasteiger partial charge in [-0.25, -0.2) is 9.97 Å². The molecule has 3 aromatic rings. The highest BCUT2D eigenvalue weighted by molar-refractivity contribution is 5.92. The quantitative estimate of drug-likeness (QED) is 0.784. The number of hydrogen-bond acceptors (Lipinski definition) is 3. The Kier molecular flexibility index (Phi) is 3.54. The molecule has 3 rings (SSSR count). The minimum Gasteiger partial charge on any atom is -0.324 e. The molecule has 0 aliphatic carbocycles. The van der Waals surface area contributed by atoms with Gasteiger partial charge in [0.05, 0.1) is 23.3 Å². The number of nitrogens with two attached hydrogens (primary N) is 1. The van der Waals surface area contributed by atoms with E-state index in [0.29, 0.717) is 22.6 Å². The van der Waals surface area contributed by atoms with Gasteiger partial charge in [-0.2, -0.15) is 13.2 Å². The fourth-order valence-electron chi connectivity index (χ4n) is 2.25. The Morgan fingerprint density at radius 1 is 0.909 bits per heavy atom. The first kappa shape index (κ1) is 14.5. The van der Waals surface area contributed by atoms with Crippen LogP contribution in [-0.2, 0) is 12.7 Å². The number of nitrogens with zero attached hydrogens (tertiary/aromatic N) is 2. The van der Waals surface area contributed by atoms with Gasteiger partial charge in [-0.15, -0.1) is 0 Å². The van der Waals surface area contributed by atoms with E-state index in [1.165, 1.54) is 12.1 Å². The molecular weight excluding hydrogens is 291 g/mol. The summed E-state index contributed by atoms with van der Waals surface area (Å²) in [4.78, 5) is 8.68. The number of alkyl halides is 3. The number of rotatable bonds is 2. The molecule has 112 valence electrons. The van der Waals surface area contributed by atoms with Crippen molar-refractivity contribution in [3.8, 4) is 11.3 Å². The molecule has 0 aliphatic heterocycles. The summed E-state index contributed by atoms with van der Waals surface area (Å²) in [5, 5.41) is 0.777. The summed E-state index contributed by atoms with van der Waals surface area (Å²) in [6, 6.07) is 12.3. The summed E-state index contributed by atoms with van der Waals surface area (Å²) in [6.07, 6.45) is -4.35. The monoisotopic (exact) mass is 303 g/mol. The van der Waals surface area contributed by atoms with Gasteiger partial charge in [0, 0.05) is 10.9 Å². The van der Waals surface area contributed by atoms with Crippen LogP contribution < -0.4 is 5.73 Å². The minimum atomic E-state index is -4.35. The summed E-state index contributed by atoms with van der Waals surface area (Å²) in [5.41, 5.74) is 6.81. The molecule has 0 saturated heterocycles. The molecule has 22 heavy (non-hydrogen) atoms. The van der Waals surface area contributed by atoms with Crippen LogP contribution in [0.25, 0.3) is 22.2 Å². The highest BCUT2D eigenvalue weighted by Gasteiger charge is 2.30. The van der Waals surface area contributed by atoms with Crippen molar-refractivity contribution in [2.24, 2.45) is 5.73 Å². The van der Waals surface area contributed by atoms with Crippen molar-refractivity contribution < 1.29 is 13.2 Å². The van der Waals surface area contributed by atoms with Crippen molar-refractivity contribution in [1.82, 2.24) is 9.97 Å². The first-order valence-electron chi connectivity index (χ1n) is 6.62. The fourth-order valence-corrected chi connectivity index (χ4v) is 2.25. The zero-order valence-electron chi connectivity index (χ0n) is 11.4. The number of halogens is 3. The molecule has 0 spiro atoms. The molecule has 0 saturated carbocycles. The molecule has 0 radical (unpaired) electrons. The molecule has 0 amide bonds. The third-order valence-corrected chi connectivity index (χ3v) is 3.32. The maximum atomic E-state index is 12.7. The lowest BCUT2D eigenvalue weighted by atomic mass is 10.0. The van der Waals surface area contributed by atoms with Gasteiger partial charge >= 0.3 is 6.18 Å². The normalized spacial score (nSPS) is 11.8. The second-order valence-corrected chi connectivity index (χ2v) is 4.78. The van der Waals surface area contributed by atoms with Crippen LogP contribution in [0.2, 0.25) is 0 Å². The maximum absolute atomic E-state index is 12.7. The molecule has 2 aromatic carbocycles. The number of hydrogen-bond donors (Lipinski definition) is 1. The third-order valence-electron chi connectivity index (χ3n) is 3.32. The molecule has 6 heteroatoms. The van der Waals surface area contributed by atoms with E-state index in [9.17, 15) is 13.2 Å². The Balaban J connectivity index is 2.17. The SMILES string of the molecule is NCc1nc(-c2ccc(C(F)(F)F)cc2)c2ccccc2n1. The van der Waals surface area contributed by atoms with Gasteiger partial charge in [-0.3, -0.25) is 0 Å². The molecule has 0 bridgehead atoms. The Labute approximate surface area is 124 Å². The van der Waals surface area contributed by atoms with Gasteiger partial charge in [0.1, 0.15) is 5.82 Å². The summed E-state index contributed by atoms with van der Waals surface area (Å²) in [6.45, 7) is 0.165. The molecule has 1 aromatic heterocycles. The van der Waals surface area contributed by atoms with Crippen molar-refractivity contribution in [2.45, 2.75) is 12.7 Å². The van der Waals surface area contributed by atoms with E-state index in [2.05, 4.69) is 9.97 Å². The highest BCUT2D eigenvalue weighted by atomic mass is 19.4. The van der Waals surface area contributed by atoms with Crippen molar-refractivity contribution >= 4 is 10.9 Å².